The molecule has 4 rings (SSSR count). The topological polar surface area (TPSA) is 109 Å². The van der Waals surface area contributed by atoms with Gasteiger partial charge >= 0.3 is 0 Å². The zero-order valence-corrected chi connectivity index (χ0v) is 14.4. The number of nitrogens with one attached hydrogen (secondary N) is 2. The van der Waals surface area contributed by atoms with Gasteiger partial charge in [0.1, 0.15) is 5.82 Å². The number of pyridine rings is 1. The monoisotopic (exact) mass is 371 g/mol. The highest BCUT2D eigenvalue weighted by molar-refractivity contribution is 7.89. The first-order chi connectivity index (χ1) is 12.3. The minimum atomic E-state index is -3.89. The molecule has 26 heavy (non-hydrogen) atoms. The van der Waals surface area contributed by atoms with Gasteiger partial charge in [0.05, 0.1) is 15.9 Å². The van der Waals surface area contributed by atoms with E-state index in [4.69, 9.17) is 5.14 Å². The van der Waals surface area contributed by atoms with Gasteiger partial charge in [0.2, 0.25) is 10.0 Å². The third kappa shape index (κ3) is 2.51. The Labute approximate surface area is 147 Å². The number of hydrogen-bond acceptors (Lipinski definition) is 3. The molecule has 4 aromatic rings. The van der Waals surface area contributed by atoms with Crippen molar-refractivity contribution in [3.8, 4) is 11.1 Å². The molecule has 0 saturated carbocycles. The summed E-state index contributed by atoms with van der Waals surface area (Å²) in [5.74, 6) is -0.419. The Morgan fingerprint density at radius 1 is 1.04 bits per heavy atom. The van der Waals surface area contributed by atoms with Crippen LogP contribution in [0.1, 0.15) is 5.56 Å². The molecule has 0 spiro atoms. The quantitative estimate of drug-likeness (QED) is 0.504. The van der Waals surface area contributed by atoms with Crippen LogP contribution in [0.3, 0.4) is 0 Å². The first kappa shape index (κ1) is 16.5. The summed E-state index contributed by atoms with van der Waals surface area (Å²) < 4.78 is 37.0. The number of hydrogen-bond donors (Lipinski definition) is 3. The molecular weight excluding hydrogens is 357 g/mol. The van der Waals surface area contributed by atoms with Crippen LogP contribution < -0.4 is 10.7 Å². The van der Waals surface area contributed by atoms with E-state index in [0.717, 1.165) is 0 Å². The molecule has 0 radical (unpaired) electrons. The Morgan fingerprint density at radius 2 is 1.81 bits per heavy atom. The lowest BCUT2D eigenvalue weighted by atomic mass is 10.0. The Bertz CT molecular complexity index is 1350. The molecule has 6 nitrogen and oxygen atoms in total. The number of primary sulfonamides is 1. The predicted octanol–water partition coefficient (Wildman–Crippen LogP) is 2.77. The van der Waals surface area contributed by atoms with Crippen LogP contribution in [-0.2, 0) is 10.0 Å². The van der Waals surface area contributed by atoms with Crippen LogP contribution >= 0.6 is 0 Å². The van der Waals surface area contributed by atoms with Crippen molar-refractivity contribution < 1.29 is 12.8 Å². The molecule has 2 aromatic heterocycles. The van der Waals surface area contributed by atoms with E-state index < -0.39 is 15.8 Å². The van der Waals surface area contributed by atoms with E-state index in [2.05, 4.69) is 9.97 Å². The molecule has 0 aliphatic heterocycles. The fraction of sp³-hybridized carbons (Fsp3) is 0.0556. The molecule has 0 saturated heterocycles. The maximum atomic E-state index is 13.6. The lowest BCUT2D eigenvalue weighted by Crippen LogP contribution is -2.13. The maximum absolute atomic E-state index is 13.6. The second-order valence-corrected chi connectivity index (χ2v) is 7.65. The smallest absolute Gasteiger partial charge is 0.252 e. The normalized spacial score (nSPS) is 12.1. The molecule has 0 aliphatic rings. The Balaban J connectivity index is 2.14. The van der Waals surface area contributed by atoms with Crippen LogP contribution in [0.25, 0.3) is 33.1 Å². The summed E-state index contributed by atoms with van der Waals surface area (Å²) in [5, 5.41) is 5.76. The summed E-state index contributed by atoms with van der Waals surface area (Å²) in [6.07, 6.45) is 0. The summed E-state index contributed by atoms with van der Waals surface area (Å²) >= 11 is 0. The number of fused-ring (bicyclic) bond motifs is 3. The molecule has 0 atom stereocenters. The zero-order valence-electron chi connectivity index (χ0n) is 13.6. The van der Waals surface area contributed by atoms with Crippen molar-refractivity contribution in [1.82, 2.24) is 9.97 Å². The molecule has 0 amide bonds. The number of aromatic amines is 2. The number of sulfonamides is 1. The minimum absolute atomic E-state index is 0.0509. The Morgan fingerprint density at radius 3 is 2.54 bits per heavy atom. The minimum Gasteiger partial charge on any atom is -0.353 e. The number of H-pyrrole nitrogens is 2. The number of halogens is 1. The van der Waals surface area contributed by atoms with Crippen LogP contribution in [0.4, 0.5) is 4.39 Å². The first-order valence-corrected chi connectivity index (χ1v) is 9.27. The Kier molecular flexibility index (Phi) is 3.50. The van der Waals surface area contributed by atoms with E-state index in [1.165, 1.54) is 24.3 Å². The van der Waals surface area contributed by atoms with Crippen LogP contribution in [-0.4, -0.2) is 18.4 Å². The highest BCUT2D eigenvalue weighted by Crippen LogP contribution is 2.33. The van der Waals surface area contributed by atoms with Crippen molar-refractivity contribution in [2.24, 2.45) is 5.14 Å². The van der Waals surface area contributed by atoms with Crippen LogP contribution in [0, 0.1) is 12.7 Å². The van der Waals surface area contributed by atoms with E-state index in [1.807, 2.05) is 0 Å². The average Bonchev–Trinajstić information content (AvgIpc) is 2.92. The Hall–Kier alpha value is -2.97. The zero-order chi connectivity index (χ0) is 18.6. The molecule has 0 aliphatic carbocycles. The average molecular weight is 371 g/mol. The highest BCUT2D eigenvalue weighted by Gasteiger charge is 2.17. The van der Waals surface area contributed by atoms with E-state index in [1.54, 1.807) is 25.1 Å². The number of rotatable bonds is 2. The van der Waals surface area contributed by atoms with E-state index in [0.29, 0.717) is 38.6 Å². The van der Waals surface area contributed by atoms with Gasteiger partial charge in [-0.3, -0.25) is 4.79 Å². The summed E-state index contributed by atoms with van der Waals surface area (Å²) in [7, 11) is -3.89. The fourth-order valence-corrected chi connectivity index (χ4v) is 3.74. The van der Waals surface area contributed by atoms with E-state index >= 15 is 0 Å². The van der Waals surface area contributed by atoms with Crippen molar-refractivity contribution >= 4 is 32.0 Å². The third-order valence-corrected chi connectivity index (χ3v) is 5.33. The third-order valence-electron chi connectivity index (χ3n) is 4.42. The van der Waals surface area contributed by atoms with Gasteiger partial charge in [0, 0.05) is 22.0 Å². The summed E-state index contributed by atoms with van der Waals surface area (Å²) in [6, 6.07) is 10.3. The summed E-state index contributed by atoms with van der Waals surface area (Å²) in [5.41, 5.74) is 2.87. The van der Waals surface area contributed by atoms with Gasteiger partial charge in [-0.25, -0.2) is 17.9 Å². The molecule has 8 heteroatoms. The molecule has 2 aromatic carbocycles. The van der Waals surface area contributed by atoms with Gasteiger partial charge in [-0.1, -0.05) is 12.1 Å². The number of benzene rings is 2. The van der Waals surface area contributed by atoms with Crippen LogP contribution in [0.5, 0.6) is 0 Å². The van der Waals surface area contributed by atoms with Crippen molar-refractivity contribution in [2.45, 2.75) is 11.8 Å². The molecular formula is C18H14FN3O3S. The largest absolute Gasteiger partial charge is 0.353 e. The van der Waals surface area contributed by atoms with Crippen LogP contribution in [0.2, 0.25) is 0 Å². The predicted molar refractivity (Wildman–Crippen MR) is 97.9 cm³/mol. The summed E-state index contributed by atoms with van der Waals surface area (Å²) in [4.78, 5) is 18.3. The molecule has 132 valence electrons. The highest BCUT2D eigenvalue weighted by atomic mass is 32.2. The standard InChI is InChI=1S/C18H14FN3O3S/c1-9-15(10-3-2-4-12(7-10)26(20,24)25)17-16(22-18(9)23)13-8-11(19)5-6-14(13)21-17/h2-8,21H,1H3,(H,22,23)(H2,20,24,25). The van der Waals surface area contributed by atoms with Gasteiger partial charge < -0.3 is 9.97 Å². The SMILES string of the molecule is Cc1c(-c2cccc(S(N)(=O)=O)c2)c2[nH]c3ccc(F)cc3c2[nH]c1=O. The van der Waals surface area contributed by atoms with E-state index in [9.17, 15) is 17.6 Å². The molecule has 0 bridgehead atoms. The van der Waals surface area contributed by atoms with Crippen molar-refractivity contribution in [1.29, 1.82) is 0 Å². The lowest BCUT2D eigenvalue weighted by molar-refractivity contribution is 0.598. The molecule has 0 fully saturated rings. The maximum Gasteiger partial charge on any atom is 0.252 e. The second-order valence-electron chi connectivity index (χ2n) is 6.09. The number of aromatic nitrogens is 2. The molecule has 0 unspecified atom stereocenters. The first-order valence-electron chi connectivity index (χ1n) is 7.73. The van der Waals surface area contributed by atoms with Gasteiger partial charge in [-0.05, 0) is 42.8 Å². The van der Waals surface area contributed by atoms with Crippen LogP contribution in [0.15, 0.2) is 52.2 Å². The van der Waals surface area contributed by atoms with Crippen molar-refractivity contribution in [3.63, 3.8) is 0 Å². The van der Waals surface area contributed by atoms with Crippen molar-refractivity contribution in [3.05, 3.63) is 64.2 Å². The van der Waals surface area contributed by atoms with Crippen molar-refractivity contribution in [2.75, 3.05) is 0 Å². The summed E-state index contributed by atoms with van der Waals surface area (Å²) in [6.45, 7) is 1.64. The van der Waals surface area contributed by atoms with Gasteiger partial charge in [0.15, 0.2) is 0 Å². The second kappa shape index (κ2) is 5.52. The van der Waals surface area contributed by atoms with Gasteiger partial charge in [-0.2, -0.15) is 0 Å². The van der Waals surface area contributed by atoms with Gasteiger partial charge in [0.25, 0.3) is 5.56 Å². The number of nitrogens with two attached hydrogens (primary N) is 1. The molecule has 2 heterocycles. The lowest BCUT2D eigenvalue weighted by Gasteiger charge is -2.09. The van der Waals surface area contributed by atoms with E-state index in [-0.39, 0.29) is 10.5 Å². The fourth-order valence-electron chi connectivity index (χ4n) is 3.18. The molecule has 4 N–H and O–H groups in total. The van der Waals surface area contributed by atoms with Gasteiger partial charge in [-0.15, -0.1) is 0 Å².